The maximum Gasteiger partial charge on any atom is 0.306 e. The van der Waals surface area contributed by atoms with Gasteiger partial charge in [0.2, 0.25) is 0 Å². The van der Waals surface area contributed by atoms with E-state index in [2.05, 4.69) is 50.3 Å². The molecule has 0 fully saturated rings. The van der Waals surface area contributed by atoms with Crippen molar-refractivity contribution in [3.63, 3.8) is 0 Å². The molecule has 0 spiro atoms. The molecule has 0 radical (unpaired) electrons. The van der Waals surface area contributed by atoms with Gasteiger partial charge >= 0.3 is 11.9 Å². The Bertz CT molecular complexity index is 862. The molecule has 0 saturated heterocycles. The van der Waals surface area contributed by atoms with Crippen LogP contribution in [0.25, 0.3) is 0 Å². The van der Waals surface area contributed by atoms with E-state index in [4.69, 9.17) is 9.47 Å². The van der Waals surface area contributed by atoms with Crippen LogP contribution < -0.4 is 0 Å². The zero-order chi connectivity index (χ0) is 39.3. The number of rotatable bonds is 43. The van der Waals surface area contributed by atoms with Gasteiger partial charge in [0.05, 0.1) is 6.61 Å². The van der Waals surface area contributed by atoms with Crippen LogP contribution in [-0.2, 0) is 19.1 Å². The highest BCUT2D eigenvalue weighted by Crippen LogP contribution is 2.16. The molecule has 54 heavy (non-hydrogen) atoms. The fraction of sp³-hybridized carbons (Fsp3) is 0.837. The van der Waals surface area contributed by atoms with Crippen molar-refractivity contribution in [2.24, 2.45) is 0 Å². The molecule has 0 aromatic rings. The fourth-order valence-corrected chi connectivity index (χ4v) is 6.86. The topological polar surface area (TPSA) is 72.8 Å². The van der Waals surface area contributed by atoms with Crippen molar-refractivity contribution in [3.05, 3.63) is 36.5 Å². The number of hydrogen-bond donors (Lipinski definition) is 1. The molecule has 0 aromatic carbocycles. The molecule has 0 heterocycles. The van der Waals surface area contributed by atoms with Gasteiger partial charge in [-0.1, -0.05) is 217 Å². The van der Waals surface area contributed by atoms with Gasteiger partial charge in [-0.2, -0.15) is 0 Å². The molecule has 0 bridgehead atoms. The van der Waals surface area contributed by atoms with Crippen LogP contribution in [0.4, 0.5) is 0 Å². The first-order chi connectivity index (χ1) is 26.6. The van der Waals surface area contributed by atoms with Crippen molar-refractivity contribution < 1.29 is 24.2 Å². The quantitative estimate of drug-likeness (QED) is 0.0381. The van der Waals surface area contributed by atoms with Gasteiger partial charge in [-0.05, 0) is 51.4 Å². The summed E-state index contributed by atoms with van der Waals surface area (Å²) in [4.78, 5) is 24.4. The van der Waals surface area contributed by atoms with Crippen molar-refractivity contribution in [2.75, 3.05) is 13.2 Å². The maximum atomic E-state index is 12.2. The second-order valence-electron chi connectivity index (χ2n) is 15.8. The molecular weight excluding hydrogens is 669 g/mol. The Kier molecular flexibility index (Phi) is 43.9. The van der Waals surface area contributed by atoms with Crippen LogP contribution in [0.15, 0.2) is 36.5 Å². The second kappa shape index (κ2) is 45.5. The summed E-state index contributed by atoms with van der Waals surface area (Å²) in [5.41, 5.74) is 0. The number of carbonyl (C=O) groups is 2. The molecule has 0 rings (SSSR count). The number of hydrogen-bond acceptors (Lipinski definition) is 5. The van der Waals surface area contributed by atoms with Gasteiger partial charge in [-0.15, -0.1) is 0 Å². The molecule has 5 nitrogen and oxygen atoms in total. The molecule has 0 amide bonds. The minimum atomic E-state index is -0.776. The predicted octanol–water partition coefficient (Wildman–Crippen LogP) is 15.2. The van der Waals surface area contributed by atoms with E-state index in [1.54, 1.807) is 0 Å². The van der Waals surface area contributed by atoms with E-state index in [1.165, 1.54) is 161 Å². The van der Waals surface area contributed by atoms with E-state index >= 15 is 0 Å². The Labute approximate surface area is 336 Å². The Balaban J connectivity index is 3.51. The van der Waals surface area contributed by atoms with Gasteiger partial charge in [0.15, 0.2) is 6.10 Å². The Morgan fingerprint density at radius 2 is 0.741 bits per heavy atom. The van der Waals surface area contributed by atoms with Crippen LogP contribution in [0.5, 0.6) is 0 Å². The third kappa shape index (κ3) is 42.9. The van der Waals surface area contributed by atoms with Crippen LogP contribution in [0.2, 0.25) is 0 Å². The minimum Gasteiger partial charge on any atom is -0.462 e. The van der Waals surface area contributed by atoms with Crippen LogP contribution in [0.3, 0.4) is 0 Å². The van der Waals surface area contributed by atoms with Crippen molar-refractivity contribution >= 4 is 11.9 Å². The first-order valence-electron chi connectivity index (χ1n) is 23.5. The van der Waals surface area contributed by atoms with Gasteiger partial charge in [-0.25, -0.2) is 0 Å². The molecule has 0 saturated carbocycles. The lowest BCUT2D eigenvalue weighted by atomic mass is 10.0. The first kappa shape index (κ1) is 52.1. The Morgan fingerprint density at radius 3 is 1.15 bits per heavy atom. The van der Waals surface area contributed by atoms with Gasteiger partial charge in [0, 0.05) is 12.8 Å². The number of aliphatic hydroxyl groups excluding tert-OH is 1. The highest BCUT2D eigenvalue weighted by molar-refractivity contribution is 5.70. The normalized spacial score (nSPS) is 12.4. The molecule has 1 N–H and O–H groups in total. The van der Waals surface area contributed by atoms with E-state index in [0.717, 1.165) is 57.8 Å². The maximum absolute atomic E-state index is 12.2. The molecule has 0 aliphatic heterocycles. The molecule has 1 atom stereocenters. The van der Waals surface area contributed by atoms with Crippen LogP contribution in [0.1, 0.15) is 245 Å². The van der Waals surface area contributed by atoms with E-state index in [9.17, 15) is 14.7 Å². The summed E-state index contributed by atoms with van der Waals surface area (Å²) in [6, 6.07) is 0. The first-order valence-corrected chi connectivity index (χ1v) is 23.5. The molecule has 1 unspecified atom stereocenters. The van der Waals surface area contributed by atoms with Crippen molar-refractivity contribution in [3.8, 4) is 0 Å². The summed E-state index contributed by atoms with van der Waals surface area (Å²) in [6.45, 7) is 4.13. The molecule has 0 aliphatic carbocycles. The summed E-state index contributed by atoms with van der Waals surface area (Å²) in [5.74, 6) is -0.595. The Morgan fingerprint density at radius 1 is 0.426 bits per heavy atom. The third-order valence-corrected chi connectivity index (χ3v) is 10.4. The van der Waals surface area contributed by atoms with Crippen molar-refractivity contribution in [1.82, 2.24) is 0 Å². The summed E-state index contributed by atoms with van der Waals surface area (Å²) in [7, 11) is 0. The van der Waals surface area contributed by atoms with Crippen molar-refractivity contribution in [2.45, 2.75) is 251 Å². The summed E-state index contributed by atoms with van der Waals surface area (Å²) in [6.07, 6.45) is 56.5. The predicted molar refractivity (Wildman–Crippen MR) is 233 cm³/mol. The van der Waals surface area contributed by atoms with E-state index in [0.29, 0.717) is 12.8 Å². The molecule has 0 aromatic heterocycles. The average molecular weight is 759 g/mol. The largest absolute Gasteiger partial charge is 0.462 e. The lowest BCUT2D eigenvalue weighted by Crippen LogP contribution is -2.28. The number of esters is 2. The fourth-order valence-electron chi connectivity index (χ4n) is 6.86. The Hall–Kier alpha value is -1.88. The third-order valence-electron chi connectivity index (χ3n) is 10.4. The second-order valence-corrected chi connectivity index (χ2v) is 15.8. The summed E-state index contributed by atoms with van der Waals surface area (Å²) < 4.78 is 10.7. The van der Waals surface area contributed by atoms with Crippen LogP contribution in [-0.4, -0.2) is 36.4 Å². The van der Waals surface area contributed by atoms with E-state index < -0.39 is 6.10 Å². The van der Waals surface area contributed by atoms with Crippen LogP contribution >= 0.6 is 0 Å². The molecule has 5 heteroatoms. The van der Waals surface area contributed by atoms with Gasteiger partial charge in [0.25, 0.3) is 0 Å². The van der Waals surface area contributed by atoms with Gasteiger partial charge in [-0.3, -0.25) is 9.59 Å². The summed E-state index contributed by atoms with van der Waals surface area (Å²) in [5, 5.41) is 9.60. The highest BCUT2D eigenvalue weighted by Gasteiger charge is 2.16. The lowest BCUT2D eigenvalue weighted by Gasteiger charge is -2.15. The van der Waals surface area contributed by atoms with Gasteiger partial charge < -0.3 is 14.6 Å². The minimum absolute atomic E-state index is 0.0679. The smallest absolute Gasteiger partial charge is 0.306 e. The lowest BCUT2D eigenvalue weighted by molar-refractivity contribution is -0.161. The zero-order valence-corrected chi connectivity index (χ0v) is 36.0. The number of allylic oxidation sites excluding steroid dienone is 6. The van der Waals surface area contributed by atoms with Crippen molar-refractivity contribution in [1.29, 1.82) is 0 Å². The number of unbranched alkanes of at least 4 members (excludes halogenated alkanes) is 29. The number of aliphatic hydroxyl groups is 1. The highest BCUT2D eigenvalue weighted by atomic mass is 16.6. The molecular formula is C49H90O5. The van der Waals surface area contributed by atoms with Crippen LogP contribution in [0, 0.1) is 0 Å². The average Bonchev–Trinajstić information content (AvgIpc) is 3.17. The summed E-state index contributed by atoms with van der Waals surface area (Å²) >= 11 is 0. The molecule has 316 valence electrons. The number of carbonyl (C=O) groups excluding carboxylic acids is 2. The zero-order valence-electron chi connectivity index (χ0n) is 36.0. The van der Waals surface area contributed by atoms with E-state index in [-0.39, 0.29) is 25.2 Å². The molecule has 0 aliphatic rings. The monoisotopic (exact) mass is 759 g/mol. The standard InChI is InChI=1S/C49H90O5/c1-3-5-7-9-11-13-15-17-19-21-23-24-26-27-29-31-33-35-37-39-41-43-48(51)53-46-47(45-50)54-49(52)44-42-40-38-36-34-32-30-28-25-22-20-18-16-14-12-10-8-6-4-2/h12,14,18,20,25,28,47,50H,3-11,13,15-17,19,21-24,26-27,29-46H2,1-2H3/b14-12-,20-18-,28-25-. The van der Waals surface area contributed by atoms with Gasteiger partial charge in [0.1, 0.15) is 6.61 Å². The number of ether oxygens (including phenoxy) is 2. The van der Waals surface area contributed by atoms with E-state index in [1.807, 2.05) is 0 Å². The SMILES string of the molecule is CCCCC/C=C\C/C=C\C/C=C\CCCCCCCCC(=O)OC(CO)COC(=O)CCCCCCCCCCCCCCCCCCCCCCC.